The normalized spacial score (nSPS) is 23.8. The fourth-order valence-corrected chi connectivity index (χ4v) is 4.49. The van der Waals surface area contributed by atoms with Gasteiger partial charge in [0.15, 0.2) is 0 Å². The number of amidine groups is 1. The number of likely N-dealkylation sites (tertiary alicyclic amines) is 1. The molecule has 8 heteroatoms. The third-order valence-corrected chi connectivity index (χ3v) is 5.95. The molecule has 1 fully saturated rings. The Morgan fingerprint density at radius 2 is 2.00 bits per heavy atom. The first-order chi connectivity index (χ1) is 14.7. The van der Waals surface area contributed by atoms with E-state index in [1.165, 1.54) is 0 Å². The van der Waals surface area contributed by atoms with Crippen LogP contribution in [0.2, 0.25) is 0 Å². The second kappa shape index (κ2) is 8.00. The Hall–Kier alpha value is -2.87. The number of nitrogens with zero attached hydrogens (tertiary/aromatic N) is 4. The van der Waals surface area contributed by atoms with E-state index in [9.17, 15) is 9.90 Å². The lowest BCUT2D eigenvalue weighted by molar-refractivity contribution is -0.134. The zero-order valence-corrected chi connectivity index (χ0v) is 18.7. The van der Waals surface area contributed by atoms with Gasteiger partial charge in [0, 0.05) is 19.0 Å². The first kappa shape index (κ1) is 21.4. The fraction of sp³-hybridized carbons (Fsp3) is 0.522. The molecule has 1 aromatic heterocycles. The summed E-state index contributed by atoms with van der Waals surface area (Å²) in [4.78, 5) is 20.3. The molecule has 0 bridgehead atoms. The molecule has 3 heterocycles. The second-order valence-corrected chi connectivity index (χ2v) is 9.26. The molecule has 0 saturated carbocycles. The summed E-state index contributed by atoms with van der Waals surface area (Å²) in [5.41, 5.74) is 4.60. The van der Waals surface area contributed by atoms with Crippen LogP contribution in [0.4, 0.5) is 5.69 Å². The Morgan fingerprint density at radius 1 is 1.29 bits per heavy atom. The highest BCUT2D eigenvalue weighted by atomic mass is 16.5. The molecule has 166 valence electrons. The molecular formula is C23H31N5O3. The predicted octanol–water partition coefficient (Wildman–Crippen LogP) is 2.84. The van der Waals surface area contributed by atoms with Gasteiger partial charge in [-0.05, 0) is 38.8 Å². The van der Waals surface area contributed by atoms with Gasteiger partial charge in [0.05, 0.1) is 23.5 Å². The van der Waals surface area contributed by atoms with Gasteiger partial charge in [-0.3, -0.25) is 15.2 Å². The van der Waals surface area contributed by atoms with Gasteiger partial charge in [-0.25, -0.2) is 4.99 Å². The number of nitrogens with one attached hydrogen (secondary N) is 1. The van der Waals surface area contributed by atoms with Crippen molar-refractivity contribution in [2.75, 3.05) is 11.6 Å². The lowest BCUT2D eigenvalue weighted by Gasteiger charge is -2.32. The molecule has 2 aromatic rings. The van der Waals surface area contributed by atoms with Crippen molar-refractivity contribution >= 4 is 17.4 Å². The van der Waals surface area contributed by atoms with E-state index in [1.807, 2.05) is 76.0 Å². The standard InChI is InChI=1S/C23H31N5O3/c1-14(2)20(19-11-15(3)26-31-19)22(30)27-13-17(29)12-18(27)21-24-23(4,5)28(25-21)16-9-7-6-8-10-16/h6-11,14,17-18,20,29H,12-13H2,1-5H3,(H,24,25)/t17-,18+,20-/m1/s1. The van der Waals surface area contributed by atoms with Crippen LogP contribution in [0.25, 0.3) is 0 Å². The Morgan fingerprint density at radius 3 is 2.61 bits per heavy atom. The SMILES string of the molecule is Cc1cc([C@H](C(=O)N2C[C@H](O)C[C@H]2C2=NC(C)(C)N(c3ccccc3)N2)C(C)C)on1. The van der Waals surface area contributed by atoms with E-state index in [2.05, 4.69) is 10.6 Å². The number of aliphatic hydroxyl groups excluding tert-OH is 1. The van der Waals surface area contributed by atoms with Crippen LogP contribution >= 0.6 is 0 Å². The molecular weight excluding hydrogens is 394 g/mol. The van der Waals surface area contributed by atoms with E-state index < -0.39 is 17.7 Å². The number of β-amino-alcohol motifs (C(OH)–C–C–N with tert-alkyl or cyclic N) is 1. The average molecular weight is 426 g/mol. The number of aromatic nitrogens is 1. The molecule has 8 nitrogen and oxygen atoms in total. The minimum Gasteiger partial charge on any atom is -0.391 e. The van der Waals surface area contributed by atoms with Crippen LogP contribution in [0.15, 0.2) is 45.9 Å². The molecule has 3 atom stereocenters. The molecule has 2 N–H and O–H groups in total. The average Bonchev–Trinajstić information content (AvgIpc) is 3.39. The smallest absolute Gasteiger partial charge is 0.234 e. The molecule has 1 aromatic carbocycles. The van der Waals surface area contributed by atoms with Crippen molar-refractivity contribution in [3.8, 4) is 0 Å². The summed E-state index contributed by atoms with van der Waals surface area (Å²) in [6, 6.07) is 11.4. The van der Waals surface area contributed by atoms with E-state index >= 15 is 0 Å². The number of anilines is 1. The predicted molar refractivity (Wildman–Crippen MR) is 119 cm³/mol. The van der Waals surface area contributed by atoms with Crippen LogP contribution < -0.4 is 10.4 Å². The van der Waals surface area contributed by atoms with Crippen LogP contribution in [0.1, 0.15) is 51.5 Å². The van der Waals surface area contributed by atoms with Crippen molar-refractivity contribution < 1.29 is 14.4 Å². The number of aliphatic hydroxyl groups is 1. The lowest BCUT2D eigenvalue weighted by Crippen LogP contribution is -2.52. The van der Waals surface area contributed by atoms with Crippen molar-refractivity contribution in [3.63, 3.8) is 0 Å². The highest BCUT2D eigenvalue weighted by Gasteiger charge is 2.46. The number of benzene rings is 1. The van der Waals surface area contributed by atoms with Crippen LogP contribution in [0.3, 0.4) is 0 Å². The first-order valence-electron chi connectivity index (χ1n) is 10.8. The Kier molecular flexibility index (Phi) is 5.51. The maximum absolute atomic E-state index is 13.7. The van der Waals surface area contributed by atoms with Gasteiger partial charge in [0.1, 0.15) is 23.2 Å². The van der Waals surface area contributed by atoms with Gasteiger partial charge in [-0.15, -0.1) is 0 Å². The van der Waals surface area contributed by atoms with Gasteiger partial charge in [0.25, 0.3) is 0 Å². The molecule has 0 radical (unpaired) electrons. The van der Waals surface area contributed by atoms with Gasteiger partial charge in [0.2, 0.25) is 5.91 Å². The van der Waals surface area contributed by atoms with Gasteiger partial charge < -0.3 is 14.5 Å². The molecule has 2 aliphatic heterocycles. The second-order valence-electron chi connectivity index (χ2n) is 9.26. The number of aliphatic imine (C=N–C) groups is 1. The molecule has 31 heavy (non-hydrogen) atoms. The van der Waals surface area contributed by atoms with Crippen LogP contribution in [0.5, 0.6) is 0 Å². The highest BCUT2D eigenvalue weighted by Crippen LogP contribution is 2.34. The molecule has 0 spiro atoms. The minimum absolute atomic E-state index is 0.0222. The number of para-hydroxylation sites is 1. The molecule has 4 rings (SSSR count). The minimum atomic E-state index is -0.600. The number of carbonyl (C=O) groups is 1. The summed E-state index contributed by atoms with van der Waals surface area (Å²) in [6.07, 6.45) is -0.159. The largest absolute Gasteiger partial charge is 0.391 e. The Labute approximate surface area is 182 Å². The van der Waals surface area contributed by atoms with Crippen molar-refractivity contribution in [3.05, 3.63) is 47.9 Å². The summed E-state index contributed by atoms with van der Waals surface area (Å²) in [6.45, 7) is 10.1. The molecule has 0 unspecified atom stereocenters. The number of hydrogen-bond donors (Lipinski definition) is 2. The number of rotatable bonds is 5. The van der Waals surface area contributed by atoms with E-state index in [0.29, 0.717) is 18.0 Å². The topological polar surface area (TPSA) is 94.2 Å². The van der Waals surface area contributed by atoms with Crippen LogP contribution in [-0.2, 0) is 4.79 Å². The van der Waals surface area contributed by atoms with Crippen LogP contribution in [-0.4, -0.2) is 51.3 Å². The Bertz CT molecular complexity index is 969. The maximum Gasteiger partial charge on any atom is 0.234 e. The number of aryl methyl sites for hydroxylation is 1. The zero-order chi connectivity index (χ0) is 22.3. The number of carbonyl (C=O) groups excluding carboxylic acids is 1. The summed E-state index contributed by atoms with van der Waals surface area (Å²) >= 11 is 0. The number of amides is 1. The molecule has 2 aliphatic rings. The van der Waals surface area contributed by atoms with Crippen molar-refractivity contribution in [1.29, 1.82) is 0 Å². The van der Waals surface area contributed by atoms with Crippen molar-refractivity contribution in [2.24, 2.45) is 10.9 Å². The number of hydrogen-bond acceptors (Lipinski definition) is 7. The third kappa shape index (κ3) is 4.04. The monoisotopic (exact) mass is 425 g/mol. The van der Waals surface area contributed by atoms with Gasteiger partial charge in [-0.2, -0.15) is 0 Å². The van der Waals surface area contributed by atoms with E-state index in [0.717, 1.165) is 11.4 Å². The summed E-state index contributed by atoms with van der Waals surface area (Å²) < 4.78 is 5.45. The van der Waals surface area contributed by atoms with E-state index in [-0.39, 0.29) is 24.4 Å². The van der Waals surface area contributed by atoms with Crippen molar-refractivity contribution in [1.82, 2.24) is 15.5 Å². The summed E-state index contributed by atoms with van der Waals surface area (Å²) in [7, 11) is 0. The molecule has 0 aliphatic carbocycles. The highest BCUT2D eigenvalue weighted by molar-refractivity contribution is 5.96. The lowest BCUT2D eigenvalue weighted by atomic mass is 9.91. The quantitative estimate of drug-likeness (QED) is 0.765. The Balaban J connectivity index is 1.61. The number of hydrazine groups is 1. The van der Waals surface area contributed by atoms with Gasteiger partial charge in [-0.1, -0.05) is 37.2 Å². The first-order valence-corrected chi connectivity index (χ1v) is 10.8. The molecule has 1 saturated heterocycles. The van der Waals surface area contributed by atoms with E-state index in [1.54, 1.807) is 4.90 Å². The van der Waals surface area contributed by atoms with Crippen LogP contribution in [0, 0.1) is 12.8 Å². The molecule has 1 amide bonds. The van der Waals surface area contributed by atoms with E-state index in [4.69, 9.17) is 9.52 Å². The zero-order valence-electron chi connectivity index (χ0n) is 18.7. The van der Waals surface area contributed by atoms with Crippen molar-refractivity contribution in [2.45, 2.75) is 64.8 Å². The summed E-state index contributed by atoms with van der Waals surface area (Å²) in [5, 5.41) is 16.4. The van der Waals surface area contributed by atoms with Gasteiger partial charge >= 0.3 is 0 Å². The fourth-order valence-electron chi connectivity index (χ4n) is 4.49. The maximum atomic E-state index is 13.7. The summed E-state index contributed by atoms with van der Waals surface area (Å²) in [5.74, 6) is 0.733. The third-order valence-electron chi connectivity index (χ3n) is 5.95.